The molecule has 0 bridgehead atoms. The highest BCUT2D eigenvalue weighted by atomic mass is 19.1. The number of rotatable bonds is 8. The number of phenols is 1. The van der Waals surface area contributed by atoms with E-state index in [2.05, 4.69) is 39.9 Å². The number of unbranched alkanes of at least 4 members (excludes halogenated alkanes) is 2. The first-order chi connectivity index (χ1) is 13.2. The third kappa shape index (κ3) is 4.78. The van der Waals surface area contributed by atoms with Crippen LogP contribution < -0.4 is 5.32 Å². The van der Waals surface area contributed by atoms with E-state index in [9.17, 15) is 14.6 Å². The second-order valence-electron chi connectivity index (χ2n) is 8.51. The van der Waals surface area contributed by atoms with Crippen molar-refractivity contribution in [1.29, 1.82) is 0 Å². The maximum atomic E-state index is 13.7. The molecule has 28 heavy (non-hydrogen) atoms. The number of nitrogens with one attached hydrogen (secondary N) is 1. The average Bonchev–Trinajstić information content (AvgIpc) is 2.60. The van der Waals surface area contributed by atoms with Gasteiger partial charge < -0.3 is 15.5 Å². The summed E-state index contributed by atoms with van der Waals surface area (Å²) in [4.78, 5) is 0. The summed E-state index contributed by atoms with van der Waals surface area (Å²) < 4.78 is 13.7. The lowest BCUT2D eigenvalue weighted by Crippen LogP contribution is -2.34. The standard InChI is InChI=1S/C24H36FNO2/c1-7-8-9-10-19-22(18-12-11-17(25)13-20(18)28)21(16(6)27)24(15(4)5)26-23(19)14(2)3/h11-16,22,26-28H,7-10H2,1-6H3/t16-,22+/m0/s1. The Kier molecular flexibility index (Phi) is 7.70. The minimum atomic E-state index is -0.672. The first kappa shape index (κ1) is 22.5. The first-order valence-electron chi connectivity index (χ1n) is 10.6. The summed E-state index contributed by atoms with van der Waals surface area (Å²) in [7, 11) is 0. The minimum Gasteiger partial charge on any atom is -0.508 e. The molecule has 0 saturated carbocycles. The van der Waals surface area contributed by atoms with Crippen molar-refractivity contribution in [1.82, 2.24) is 5.32 Å². The third-order valence-corrected chi connectivity index (χ3v) is 5.54. The molecule has 156 valence electrons. The zero-order valence-electron chi connectivity index (χ0n) is 18.1. The van der Waals surface area contributed by atoms with Crippen LogP contribution in [-0.2, 0) is 0 Å². The van der Waals surface area contributed by atoms with Gasteiger partial charge in [-0.05, 0) is 48.8 Å². The average molecular weight is 390 g/mol. The molecule has 0 spiro atoms. The number of benzene rings is 1. The third-order valence-electron chi connectivity index (χ3n) is 5.54. The van der Waals surface area contributed by atoms with Crippen molar-refractivity contribution >= 4 is 0 Å². The van der Waals surface area contributed by atoms with Crippen molar-refractivity contribution in [3.8, 4) is 5.75 Å². The second kappa shape index (κ2) is 9.60. The van der Waals surface area contributed by atoms with E-state index in [1.54, 1.807) is 13.0 Å². The topological polar surface area (TPSA) is 52.5 Å². The van der Waals surface area contributed by atoms with Crippen LogP contribution in [0.1, 0.15) is 78.7 Å². The largest absolute Gasteiger partial charge is 0.508 e. The molecule has 2 rings (SSSR count). The lowest BCUT2D eigenvalue weighted by atomic mass is 9.73. The van der Waals surface area contributed by atoms with Crippen LogP contribution in [0.4, 0.5) is 4.39 Å². The summed E-state index contributed by atoms with van der Waals surface area (Å²) in [6.45, 7) is 12.5. The molecular weight excluding hydrogens is 353 g/mol. The van der Waals surface area contributed by atoms with Crippen LogP contribution in [0, 0.1) is 17.7 Å². The normalized spacial score (nSPS) is 18.9. The highest BCUT2D eigenvalue weighted by Gasteiger charge is 2.36. The molecule has 0 aromatic heterocycles. The van der Waals surface area contributed by atoms with Crippen LogP contribution in [0.15, 0.2) is 40.7 Å². The molecule has 1 aliphatic rings. The summed E-state index contributed by atoms with van der Waals surface area (Å²) in [5.41, 5.74) is 4.92. The monoisotopic (exact) mass is 389 g/mol. The van der Waals surface area contributed by atoms with E-state index < -0.39 is 11.9 Å². The van der Waals surface area contributed by atoms with E-state index in [1.165, 1.54) is 17.7 Å². The Hall–Kier alpha value is -1.81. The van der Waals surface area contributed by atoms with Crippen LogP contribution in [0.2, 0.25) is 0 Å². The molecule has 1 aromatic rings. The maximum Gasteiger partial charge on any atom is 0.126 e. The van der Waals surface area contributed by atoms with Crippen molar-refractivity contribution in [3.63, 3.8) is 0 Å². The molecule has 3 N–H and O–H groups in total. The number of halogens is 1. The predicted molar refractivity (Wildman–Crippen MR) is 113 cm³/mol. The molecule has 0 unspecified atom stereocenters. The Labute approximate surface area is 169 Å². The summed E-state index contributed by atoms with van der Waals surface area (Å²) in [6, 6.07) is 4.23. The number of aliphatic hydroxyl groups excluding tert-OH is 1. The fourth-order valence-corrected chi connectivity index (χ4v) is 4.22. The fourth-order valence-electron chi connectivity index (χ4n) is 4.22. The smallest absolute Gasteiger partial charge is 0.126 e. The minimum absolute atomic E-state index is 0.0516. The van der Waals surface area contributed by atoms with Crippen molar-refractivity contribution in [3.05, 3.63) is 52.1 Å². The molecule has 1 heterocycles. The number of hydrogen-bond acceptors (Lipinski definition) is 3. The van der Waals surface area contributed by atoms with E-state index in [4.69, 9.17) is 0 Å². The zero-order valence-corrected chi connectivity index (χ0v) is 18.1. The molecule has 1 aliphatic heterocycles. The molecule has 2 atom stereocenters. The number of aliphatic hydroxyl groups is 1. The summed E-state index contributed by atoms with van der Waals surface area (Å²) in [6.07, 6.45) is 3.51. The van der Waals surface area contributed by atoms with E-state index in [1.807, 2.05) is 0 Å². The Morgan fingerprint density at radius 2 is 1.68 bits per heavy atom. The Morgan fingerprint density at radius 1 is 1.04 bits per heavy atom. The molecule has 3 nitrogen and oxygen atoms in total. The quantitative estimate of drug-likeness (QED) is 0.478. The predicted octanol–water partition coefficient (Wildman–Crippen LogP) is 6.00. The molecule has 0 amide bonds. The van der Waals surface area contributed by atoms with Gasteiger partial charge >= 0.3 is 0 Å². The second-order valence-corrected chi connectivity index (χ2v) is 8.51. The van der Waals surface area contributed by atoms with Crippen molar-refractivity contribution in [2.45, 2.75) is 79.2 Å². The van der Waals surface area contributed by atoms with Gasteiger partial charge in [-0.3, -0.25) is 0 Å². The fraction of sp³-hybridized carbons (Fsp3) is 0.583. The highest BCUT2D eigenvalue weighted by molar-refractivity contribution is 5.52. The van der Waals surface area contributed by atoms with Crippen LogP contribution in [-0.4, -0.2) is 16.3 Å². The summed E-state index contributed by atoms with van der Waals surface area (Å²) in [5, 5.41) is 24.9. The van der Waals surface area contributed by atoms with Gasteiger partial charge in [0.15, 0.2) is 0 Å². The molecule has 0 saturated heterocycles. The van der Waals surface area contributed by atoms with Gasteiger partial charge in [-0.15, -0.1) is 0 Å². The Morgan fingerprint density at radius 3 is 2.18 bits per heavy atom. The van der Waals surface area contributed by atoms with E-state index in [0.717, 1.165) is 42.7 Å². The van der Waals surface area contributed by atoms with Gasteiger partial charge in [0.05, 0.1) is 6.10 Å². The molecule has 0 aliphatic carbocycles. The van der Waals surface area contributed by atoms with E-state index >= 15 is 0 Å². The van der Waals surface area contributed by atoms with Gasteiger partial charge in [-0.25, -0.2) is 4.39 Å². The molecule has 4 heteroatoms. The number of phenolic OH excluding ortho intramolecular Hbond substituents is 1. The van der Waals surface area contributed by atoms with Gasteiger partial charge in [-0.1, -0.05) is 53.5 Å². The molecule has 1 aromatic carbocycles. The van der Waals surface area contributed by atoms with Crippen LogP contribution in [0.5, 0.6) is 5.75 Å². The SMILES string of the molecule is CCCCCC1=C(C(C)C)NC(C(C)C)=C([C@H](C)O)[C@@H]1c1ccc(F)cc1O. The summed E-state index contributed by atoms with van der Waals surface area (Å²) >= 11 is 0. The van der Waals surface area contributed by atoms with Crippen molar-refractivity contribution in [2.24, 2.45) is 11.8 Å². The van der Waals surface area contributed by atoms with Gasteiger partial charge in [-0.2, -0.15) is 0 Å². The van der Waals surface area contributed by atoms with Crippen LogP contribution in [0.25, 0.3) is 0 Å². The Balaban J connectivity index is 2.73. The van der Waals surface area contributed by atoms with Crippen LogP contribution in [0.3, 0.4) is 0 Å². The van der Waals surface area contributed by atoms with Crippen LogP contribution >= 0.6 is 0 Å². The van der Waals surface area contributed by atoms with Gasteiger partial charge in [0.1, 0.15) is 11.6 Å². The van der Waals surface area contributed by atoms with E-state index in [-0.39, 0.29) is 23.5 Å². The number of aromatic hydroxyl groups is 1. The van der Waals surface area contributed by atoms with E-state index in [0.29, 0.717) is 5.56 Å². The van der Waals surface area contributed by atoms with Gasteiger partial charge in [0.2, 0.25) is 0 Å². The number of hydrogen-bond donors (Lipinski definition) is 3. The van der Waals surface area contributed by atoms with Gasteiger partial charge in [0.25, 0.3) is 0 Å². The maximum absolute atomic E-state index is 13.7. The van der Waals surface area contributed by atoms with Crippen molar-refractivity contribution < 1.29 is 14.6 Å². The lowest BCUT2D eigenvalue weighted by molar-refractivity contribution is 0.219. The Bertz CT molecular complexity index is 747. The number of dihydropyridines is 1. The summed E-state index contributed by atoms with van der Waals surface area (Å²) in [5.74, 6) is -0.271. The number of allylic oxidation sites excluding steroid dienone is 3. The molecular formula is C24H36FNO2. The highest BCUT2D eigenvalue weighted by Crippen LogP contribution is 2.46. The molecule has 0 radical (unpaired) electrons. The lowest BCUT2D eigenvalue weighted by Gasteiger charge is -2.39. The zero-order chi connectivity index (χ0) is 21.0. The first-order valence-corrected chi connectivity index (χ1v) is 10.6. The van der Waals surface area contributed by atoms with Gasteiger partial charge in [0, 0.05) is 28.9 Å². The van der Waals surface area contributed by atoms with Crippen molar-refractivity contribution in [2.75, 3.05) is 0 Å². The molecule has 0 fully saturated rings.